The summed E-state index contributed by atoms with van der Waals surface area (Å²) in [5.41, 5.74) is -1.09. The molecule has 1 N–H and O–H groups in total. The Labute approximate surface area is 98.6 Å². The van der Waals surface area contributed by atoms with Gasteiger partial charge in [0.2, 0.25) is 0 Å². The highest BCUT2D eigenvalue weighted by molar-refractivity contribution is 6.00. The number of aliphatic carboxylic acids is 1. The number of carboxylic acid groups (broad SMARTS) is 1. The molecule has 90 valence electrons. The highest BCUT2D eigenvalue weighted by Gasteiger charge is 2.54. The molecule has 2 unspecified atom stereocenters. The maximum absolute atomic E-state index is 11.3. The quantitative estimate of drug-likeness (QED) is 0.869. The van der Waals surface area contributed by atoms with Crippen LogP contribution in [0.4, 0.5) is 0 Å². The Morgan fingerprint density at radius 3 is 2.59 bits per heavy atom. The zero-order valence-corrected chi connectivity index (χ0v) is 9.60. The number of hydrogen-bond acceptors (Lipinski definition) is 3. The topological polar surface area (TPSA) is 67.5 Å². The molecule has 3 rings (SSSR count). The van der Waals surface area contributed by atoms with Crippen molar-refractivity contribution < 1.29 is 19.1 Å². The molecule has 1 heterocycles. The zero-order chi connectivity index (χ0) is 12.2. The minimum absolute atomic E-state index is 0.00913. The van der Waals surface area contributed by atoms with Gasteiger partial charge in [0.15, 0.2) is 0 Å². The summed E-state index contributed by atoms with van der Waals surface area (Å²) in [6, 6.07) is 3.58. The average molecular weight is 234 g/mol. The summed E-state index contributed by atoms with van der Waals surface area (Å²) in [6.07, 6.45) is 1.23. The SMILES string of the molecule is CC1CC1c1ccc(C2(C(=O)O)CC(=O)C2)o1. The Bertz CT molecular complexity index is 491. The molecule has 0 aromatic carbocycles. The Hall–Kier alpha value is -1.58. The molecule has 2 fully saturated rings. The van der Waals surface area contributed by atoms with E-state index in [9.17, 15) is 14.7 Å². The highest BCUT2D eigenvalue weighted by Crippen LogP contribution is 2.49. The number of carbonyl (C=O) groups excluding carboxylic acids is 1. The Kier molecular flexibility index (Phi) is 2.00. The molecule has 0 bridgehead atoms. The lowest BCUT2D eigenvalue weighted by Crippen LogP contribution is -2.48. The lowest BCUT2D eigenvalue weighted by atomic mass is 9.66. The van der Waals surface area contributed by atoms with Crippen molar-refractivity contribution in [3.05, 3.63) is 23.7 Å². The maximum Gasteiger partial charge on any atom is 0.318 e. The number of carbonyl (C=O) groups is 2. The van der Waals surface area contributed by atoms with Crippen molar-refractivity contribution in [3.8, 4) is 0 Å². The molecule has 0 aliphatic heterocycles. The molecule has 2 aliphatic carbocycles. The predicted molar refractivity (Wildman–Crippen MR) is 58.8 cm³/mol. The van der Waals surface area contributed by atoms with Crippen molar-refractivity contribution in [1.82, 2.24) is 0 Å². The van der Waals surface area contributed by atoms with Gasteiger partial charge in [0.1, 0.15) is 22.7 Å². The van der Waals surface area contributed by atoms with Gasteiger partial charge >= 0.3 is 5.97 Å². The van der Waals surface area contributed by atoms with Crippen molar-refractivity contribution in [2.75, 3.05) is 0 Å². The van der Waals surface area contributed by atoms with Crippen molar-refractivity contribution in [3.63, 3.8) is 0 Å². The molecule has 1 aromatic rings. The minimum Gasteiger partial charge on any atom is -0.480 e. The van der Waals surface area contributed by atoms with Crippen LogP contribution in [0.5, 0.6) is 0 Å². The summed E-state index contributed by atoms with van der Waals surface area (Å²) in [6.45, 7) is 2.15. The molecular weight excluding hydrogens is 220 g/mol. The molecule has 2 saturated carbocycles. The van der Waals surface area contributed by atoms with E-state index >= 15 is 0 Å². The Balaban J connectivity index is 1.90. The van der Waals surface area contributed by atoms with Crippen LogP contribution in [0.15, 0.2) is 16.5 Å². The molecule has 1 aromatic heterocycles. The summed E-state index contributed by atoms with van der Waals surface area (Å²) in [5.74, 6) is 1.40. The van der Waals surface area contributed by atoms with E-state index in [-0.39, 0.29) is 18.6 Å². The van der Waals surface area contributed by atoms with Crippen LogP contribution in [0.1, 0.15) is 43.6 Å². The number of rotatable bonds is 3. The van der Waals surface area contributed by atoms with Crippen molar-refractivity contribution in [2.45, 2.75) is 37.5 Å². The normalized spacial score (nSPS) is 29.8. The van der Waals surface area contributed by atoms with Crippen molar-refractivity contribution >= 4 is 11.8 Å². The van der Waals surface area contributed by atoms with Gasteiger partial charge in [-0.05, 0) is 24.5 Å². The summed E-state index contributed by atoms with van der Waals surface area (Å²) in [7, 11) is 0. The third-order valence-electron chi connectivity index (χ3n) is 3.98. The first-order valence-electron chi connectivity index (χ1n) is 5.88. The fourth-order valence-electron chi connectivity index (χ4n) is 2.58. The van der Waals surface area contributed by atoms with Gasteiger partial charge in [-0.2, -0.15) is 0 Å². The van der Waals surface area contributed by atoms with Gasteiger partial charge < -0.3 is 9.52 Å². The molecule has 0 saturated heterocycles. The summed E-state index contributed by atoms with van der Waals surface area (Å²) in [5, 5.41) is 9.26. The second kappa shape index (κ2) is 3.22. The van der Waals surface area contributed by atoms with Gasteiger partial charge in [-0.1, -0.05) is 6.92 Å². The smallest absolute Gasteiger partial charge is 0.318 e. The van der Waals surface area contributed by atoms with Crippen LogP contribution in [0.25, 0.3) is 0 Å². The predicted octanol–water partition coefficient (Wildman–Crippen LogP) is 2.09. The van der Waals surface area contributed by atoms with Crippen LogP contribution in [0.2, 0.25) is 0 Å². The highest BCUT2D eigenvalue weighted by atomic mass is 16.4. The molecule has 2 atom stereocenters. The van der Waals surface area contributed by atoms with E-state index in [1.165, 1.54) is 0 Å². The van der Waals surface area contributed by atoms with Gasteiger partial charge in [-0.3, -0.25) is 9.59 Å². The minimum atomic E-state index is -1.09. The van der Waals surface area contributed by atoms with E-state index < -0.39 is 11.4 Å². The first kappa shape index (κ1) is 10.6. The summed E-state index contributed by atoms with van der Waals surface area (Å²) < 4.78 is 5.66. The number of Topliss-reactive ketones (excluding diaryl/α,β-unsaturated/α-hetero) is 1. The molecule has 17 heavy (non-hydrogen) atoms. The summed E-state index contributed by atoms with van der Waals surface area (Å²) in [4.78, 5) is 22.4. The van der Waals surface area contributed by atoms with Crippen LogP contribution in [-0.2, 0) is 15.0 Å². The van der Waals surface area contributed by atoms with Gasteiger partial charge in [0.25, 0.3) is 0 Å². The van der Waals surface area contributed by atoms with Gasteiger partial charge in [-0.15, -0.1) is 0 Å². The van der Waals surface area contributed by atoms with Crippen LogP contribution >= 0.6 is 0 Å². The monoisotopic (exact) mass is 234 g/mol. The molecule has 0 spiro atoms. The van der Waals surface area contributed by atoms with Crippen molar-refractivity contribution in [1.29, 1.82) is 0 Å². The van der Waals surface area contributed by atoms with E-state index in [1.54, 1.807) is 6.07 Å². The number of carboxylic acids is 1. The number of hydrogen-bond donors (Lipinski definition) is 1. The first-order chi connectivity index (χ1) is 8.03. The van der Waals surface area contributed by atoms with E-state index in [2.05, 4.69) is 6.92 Å². The average Bonchev–Trinajstić information content (AvgIpc) is 2.77. The van der Waals surface area contributed by atoms with Gasteiger partial charge in [-0.25, -0.2) is 0 Å². The van der Waals surface area contributed by atoms with Crippen LogP contribution in [-0.4, -0.2) is 16.9 Å². The number of furan rings is 1. The standard InChI is InChI=1S/C13H14O4/c1-7-4-9(7)10-2-3-11(17-10)13(12(15)16)5-8(14)6-13/h2-3,7,9H,4-6H2,1H3,(H,15,16). The Morgan fingerprint density at radius 1 is 1.47 bits per heavy atom. The first-order valence-corrected chi connectivity index (χ1v) is 5.88. The van der Waals surface area contributed by atoms with Gasteiger partial charge in [0.05, 0.1) is 0 Å². The maximum atomic E-state index is 11.3. The molecule has 0 radical (unpaired) electrons. The zero-order valence-electron chi connectivity index (χ0n) is 9.60. The fourth-order valence-corrected chi connectivity index (χ4v) is 2.58. The molecular formula is C13H14O4. The van der Waals surface area contributed by atoms with Crippen LogP contribution in [0.3, 0.4) is 0 Å². The van der Waals surface area contributed by atoms with Gasteiger partial charge in [0, 0.05) is 18.8 Å². The molecule has 4 nitrogen and oxygen atoms in total. The number of ketones is 1. The van der Waals surface area contributed by atoms with Crippen molar-refractivity contribution in [2.24, 2.45) is 5.92 Å². The van der Waals surface area contributed by atoms with E-state index in [0.717, 1.165) is 12.2 Å². The fraction of sp³-hybridized carbons (Fsp3) is 0.538. The molecule has 0 amide bonds. The third-order valence-corrected chi connectivity index (χ3v) is 3.98. The lowest BCUT2D eigenvalue weighted by molar-refractivity contribution is -0.154. The summed E-state index contributed by atoms with van der Waals surface area (Å²) >= 11 is 0. The second-order valence-corrected chi connectivity index (χ2v) is 5.30. The van der Waals surface area contributed by atoms with E-state index in [1.807, 2.05) is 6.07 Å². The van der Waals surface area contributed by atoms with E-state index in [0.29, 0.717) is 17.6 Å². The largest absolute Gasteiger partial charge is 0.480 e. The van der Waals surface area contributed by atoms with Crippen LogP contribution in [0, 0.1) is 5.92 Å². The Morgan fingerprint density at radius 2 is 2.12 bits per heavy atom. The second-order valence-electron chi connectivity index (χ2n) is 5.30. The van der Waals surface area contributed by atoms with Crippen LogP contribution < -0.4 is 0 Å². The molecule has 4 heteroatoms. The van der Waals surface area contributed by atoms with E-state index in [4.69, 9.17) is 4.42 Å². The lowest BCUT2D eigenvalue weighted by Gasteiger charge is -2.33. The third kappa shape index (κ3) is 1.43. The molecule has 2 aliphatic rings.